The van der Waals surface area contributed by atoms with Crippen LogP contribution in [0.4, 0.5) is 0 Å². The van der Waals surface area contributed by atoms with Gasteiger partial charge < -0.3 is 15.7 Å². The largest absolute Gasteiger partial charge is 0.393 e. The lowest BCUT2D eigenvalue weighted by Gasteiger charge is -2.11. The molecule has 0 aromatic carbocycles. The lowest BCUT2D eigenvalue weighted by Crippen LogP contribution is -2.21. The van der Waals surface area contributed by atoms with E-state index in [1.807, 2.05) is 19.0 Å². The fourth-order valence-electron chi connectivity index (χ4n) is 0.977. The van der Waals surface area contributed by atoms with E-state index in [4.69, 9.17) is 5.73 Å². The number of amides is 1. The molecule has 72 valence electrons. The van der Waals surface area contributed by atoms with E-state index in [-0.39, 0.29) is 6.42 Å². The number of carbonyl (C=O) groups is 1. The van der Waals surface area contributed by atoms with Crippen LogP contribution in [0.1, 0.15) is 19.3 Å². The lowest BCUT2D eigenvalue weighted by atomic mass is 10.1. The van der Waals surface area contributed by atoms with E-state index >= 15 is 0 Å². The van der Waals surface area contributed by atoms with Gasteiger partial charge in [0.25, 0.3) is 0 Å². The van der Waals surface area contributed by atoms with Crippen molar-refractivity contribution in [2.24, 2.45) is 5.73 Å². The minimum absolute atomic E-state index is 0.0768. The molecule has 0 aromatic rings. The molecule has 3 N–H and O–H groups in total. The van der Waals surface area contributed by atoms with Crippen molar-refractivity contribution in [1.82, 2.24) is 4.90 Å². The maximum absolute atomic E-state index is 10.4. The molecule has 0 aromatic heterocycles. The lowest BCUT2D eigenvalue weighted by molar-refractivity contribution is -0.119. The molecular formula is C8H18N2O2. The fraction of sp³-hybridized carbons (Fsp3) is 0.875. The van der Waals surface area contributed by atoms with Gasteiger partial charge in [-0.1, -0.05) is 0 Å². The molecule has 0 rings (SSSR count). The van der Waals surface area contributed by atoms with Crippen LogP contribution in [-0.2, 0) is 4.79 Å². The monoisotopic (exact) mass is 174 g/mol. The number of nitrogens with zero attached hydrogens (tertiary/aromatic N) is 1. The molecule has 0 bridgehead atoms. The summed E-state index contributed by atoms with van der Waals surface area (Å²) in [7, 11) is 3.95. The Balaban J connectivity index is 3.31. The SMILES string of the molecule is CN(C)CCCC(O)CC(N)=O. The van der Waals surface area contributed by atoms with Crippen LogP contribution in [0.5, 0.6) is 0 Å². The molecule has 0 saturated carbocycles. The van der Waals surface area contributed by atoms with E-state index in [1.54, 1.807) is 0 Å². The predicted molar refractivity (Wildman–Crippen MR) is 47.6 cm³/mol. The highest BCUT2D eigenvalue weighted by atomic mass is 16.3. The minimum Gasteiger partial charge on any atom is -0.393 e. The second-order valence-electron chi connectivity index (χ2n) is 3.27. The number of rotatable bonds is 6. The van der Waals surface area contributed by atoms with Gasteiger partial charge in [-0.15, -0.1) is 0 Å². The molecule has 4 heteroatoms. The van der Waals surface area contributed by atoms with Crippen LogP contribution in [0, 0.1) is 0 Å². The molecule has 0 radical (unpaired) electrons. The molecular weight excluding hydrogens is 156 g/mol. The van der Waals surface area contributed by atoms with Crippen molar-refractivity contribution < 1.29 is 9.90 Å². The zero-order chi connectivity index (χ0) is 9.56. The number of aliphatic hydroxyl groups excluding tert-OH is 1. The quantitative estimate of drug-likeness (QED) is 0.574. The number of hydrogen-bond donors (Lipinski definition) is 2. The summed E-state index contributed by atoms with van der Waals surface area (Å²) in [5.74, 6) is -0.438. The molecule has 0 fully saturated rings. The first-order valence-corrected chi connectivity index (χ1v) is 4.13. The summed E-state index contributed by atoms with van der Waals surface area (Å²) in [5.41, 5.74) is 4.92. The van der Waals surface area contributed by atoms with Gasteiger partial charge in [0.15, 0.2) is 0 Å². The van der Waals surface area contributed by atoms with Crippen molar-refractivity contribution in [3.05, 3.63) is 0 Å². The summed E-state index contributed by atoms with van der Waals surface area (Å²) in [6, 6.07) is 0. The molecule has 1 amide bonds. The second-order valence-corrected chi connectivity index (χ2v) is 3.27. The van der Waals surface area contributed by atoms with Crippen molar-refractivity contribution in [3.8, 4) is 0 Å². The van der Waals surface area contributed by atoms with Gasteiger partial charge in [0.2, 0.25) is 5.91 Å². The number of carbonyl (C=O) groups excluding carboxylic acids is 1. The van der Waals surface area contributed by atoms with E-state index in [0.29, 0.717) is 6.42 Å². The normalized spacial score (nSPS) is 13.3. The summed E-state index contributed by atoms with van der Waals surface area (Å²) < 4.78 is 0. The first kappa shape index (κ1) is 11.4. The van der Waals surface area contributed by atoms with Gasteiger partial charge >= 0.3 is 0 Å². The Bertz CT molecular complexity index is 137. The Hall–Kier alpha value is -0.610. The summed E-state index contributed by atoms with van der Waals surface area (Å²) in [6.45, 7) is 0.926. The third-order valence-electron chi connectivity index (χ3n) is 1.58. The Morgan fingerprint density at radius 3 is 2.58 bits per heavy atom. The number of aliphatic hydroxyl groups is 1. The van der Waals surface area contributed by atoms with E-state index in [2.05, 4.69) is 0 Å². The number of hydrogen-bond acceptors (Lipinski definition) is 3. The van der Waals surface area contributed by atoms with Crippen LogP contribution in [0.15, 0.2) is 0 Å². The minimum atomic E-state index is -0.567. The first-order chi connectivity index (χ1) is 5.52. The van der Waals surface area contributed by atoms with Crippen molar-refractivity contribution >= 4 is 5.91 Å². The molecule has 0 aliphatic rings. The highest BCUT2D eigenvalue weighted by molar-refractivity contribution is 5.74. The van der Waals surface area contributed by atoms with Crippen LogP contribution in [-0.4, -0.2) is 42.7 Å². The first-order valence-electron chi connectivity index (χ1n) is 4.13. The highest BCUT2D eigenvalue weighted by Crippen LogP contribution is 2.01. The summed E-state index contributed by atoms with van der Waals surface area (Å²) in [5, 5.41) is 9.21. The molecule has 0 aliphatic heterocycles. The third kappa shape index (κ3) is 7.50. The molecule has 0 aliphatic carbocycles. The molecule has 4 nitrogen and oxygen atoms in total. The van der Waals surface area contributed by atoms with Crippen LogP contribution in [0.25, 0.3) is 0 Å². The smallest absolute Gasteiger partial charge is 0.220 e. The van der Waals surface area contributed by atoms with E-state index in [0.717, 1.165) is 13.0 Å². The third-order valence-corrected chi connectivity index (χ3v) is 1.58. The van der Waals surface area contributed by atoms with Gasteiger partial charge in [0.1, 0.15) is 0 Å². The van der Waals surface area contributed by atoms with Gasteiger partial charge in [0, 0.05) is 0 Å². The van der Waals surface area contributed by atoms with Gasteiger partial charge in [0.05, 0.1) is 12.5 Å². The molecule has 1 unspecified atom stereocenters. The van der Waals surface area contributed by atoms with Crippen LogP contribution in [0.2, 0.25) is 0 Å². The average molecular weight is 174 g/mol. The van der Waals surface area contributed by atoms with Crippen LogP contribution < -0.4 is 5.73 Å². The van der Waals surface area contributed by atoms with E-state index in [9.17, 15) is 9.90 Å². The van der Waals surface area contributed by atoms with Crippen molar-refractivity contribution in [1.29, 1.82) is 0 Å². The zero-order valence-corrected chi connectivity index (χ0v) is 7.79. The average Bonchev–Trinajstić information content (AvgIpc) is 1.84. The Kier molecular flexibility index (Phi) is 5.66. The van der Waals surface area contributed by atoms with Crippen molar-refractivity contribution in [2.75, 3.05) is 20.6 Å². The van der Waals surface area contributed by atoms with E-state index < -0.39 is 12.0 Å². The highest BCUT2D eigenvalue weighted by Gasteiger charge is 2.06. The molecule has 0 heterocycles. The Morgan fingerprint density at radius 1 is 1.58 bits per heavy atom. The van der Waals surface area contributed by atoms with Crippen LogP contribution >= 0.6 is 0 Å². The molecule has 12 heavy (non-hydrogen) atoms. The van der Waals surface area contributed by atoms with E-state index in [1.165, 1.54) is 0 Å². The zero-order valence-electron chi connectivity index (χ0n) is 7.79. The molecule has 0 saturated heterocycles. The van der Waals surface area contributed by atoms with Gasteiger partial charge in [-0.05, 0) is 33.5 Å². The number of nitrogens with two attached hydrogens (primary N) is 1. The van der Waals surface area contributed by atoms with Crippen molar-refractivity contribution in [3.63, 3.8) is 0 Å². The van der Waals surface area contributed by atoms with Crippen LogP contribution in [0.3, 0.4) is 0 Å². The molecule has 0 spiro atoms. The predicted octanol–water partition coefficient (Wildman–Crippen LogP) is -0.435. The Labute approximate surface area is 73.3 Å². The maximum atomic E-state index is 10.4. The second kappa shape index (κ2) is 5.97. The maximum Gasteiger partial charge on any atom is 0.220 e. The van der Waals surface area contributed by atoms with Crippen molar-refractivity contribution in [2.45, 2.75) is 25.4 Å². The number of primary amides is 1. The fourth-order valence-corrected chi connectivity index (χ4v) is 0.977. The summed E-state index contributed by atoms with van der Waals surface area (Å²) >= 11 is 0. The summed E-state index contributed by atoms with van der Waals surface area (Å²) in [4.78, 5) is 12.4. The standard InChI is InChI=1S/C8H18N2O2/c1-10(2)5-3-4-7(11)6-8(9)12/h7,11H,3-6H2,1-2H3,(H2,9,12). The van der Waals surface area contributed by atoms with Gasteiger partial charge in [-0.3, -0.25) is 4.79 Å². The Morgan fingerprint density at radius 2 is 2.17 bits per heavy atom. The summed E-state index contributed by atoms with van der Waals surface area (Å²) in [6.07, 6.45) is 1.04. The van der Waals surface area contributed by atoms with Gasteiger partial charge in [-0.25, -0.2) is 0 Å². The topological polar surface area (TPSA) is 66.6 Å². The van der Waals surface area contributed by atoms with Gasteiger partial charge in [-0.2, -0.15) is 0 Å². The molecule has 1 atom stereocenters.